The van der Waals surface area contributed by atoms with Crippen LogP contribution < -0.4 is 4.74 Å². The van der Waals surface area contributed by atoms with Gasteiger partial charge in [-0.1, -0.05) is 0 Å². The molecule has 1 N–H and O–H groups in total. The van der Waals surface area contributed by atoms with Crippen LogP contribution in [-0.2, 0) is 6.61 Å². The van der Waals surface area contributed by atoms with Gasteiger partial charge in [0.1, 0.15) is 30.2 Å². The van der Waals surface area contributed by atoms with Crippen molar-refractivity contribution in [3.63, 3.8) is 0 Å². The molecule has 94 valence electrons. The predicted molar refractivity (Wildman–Crippen MR) is 64.1 cm³/mol. The molecule has 0 saturated carbocycles. The van der Waals surface area contributed by atoms with Gasteiger partial charge < -0.3 is 14.3 Å². The Balaban J connectivity index is 2.06. The number of carboxylic acid groups (broad SMARTS) is 1. The Kier molecular flexibility index (Phi) is 3.66. The third-order valence-corrected chi connectivity index (χ3v) is 2.82. The molecule has 0 radical (unpaired) electrons. The quantitative estimate of drug-likeness (QED) is 0.939. The van der Waals surface area contributed by atoms with E-state index >= 15 is 0 Å². The minimum Gasteiger partial charge on any atom is -0.484 e. The number of hydrogen-bond donors (Lipinski definition) is 1. The van der Waals surface area contributed by atoms with Crippen molar-refractivity contribution in [1.82, 2.24) is 0 Å². The summed E-state index contributed by atoms with van der Waals surface area (Å²) in [6.07, 6.45) is 1.13. The van der Waals surface area contributed by atoms with Crippen LogP contribution in [-0.4, -0.2) is 11.1 Å². The highest BCUT2D eigenvalue weighted by atomic mass is 79.9. The van der Waals surface area contributed by atoms with Crippen LogP contribution in [0.2, 0.25) is 0 Å². The SMILES string of the molecule is O=C(O)c1coc(COc2cc(F)ccc2Br)c1. The van der Waals surface area contributed by atoms with Crippen LogP contribution in [0.25, 0.3) is 0 Å². The Labute approximate surface area is 110 Å². The summed E-state index contributed by atoms with van der Waals surface area (Å²) in [6.45, 7) is 0.0231. The molecule has 0 unspecified atom stereocenters. The number of carboxylic acids is 1. The van der Waals surface area contributed by atoms with Crippen LogP contribution >= 0.6 is 15.9 Å². The molecule has 0 saturated heterocycles. The molecule has 0 fully saturated rings. The summed E-state index contributed by atoms with van der Waals surface area (Å²) in [5.41, 5.74) is 0.0481. The van der Waals surface area contributed by atoms with Gasteiger partial charge in [0.2, 0.25) is 0 Å². The average Bonchev–Trinajstić information content (AvgIpc) is 2.79. The molecule has 0 spiro atoms. The van der Waals surface area contributed by atoms with E-state index in [-0.39, 0.29) is 12.2 Å². The Hall–Kier alpha value is -1.82. The third kappa shape index (κ3) is 2.89. The molecule has 0 aliphatic heterocycles. The van der Waals surface area contributed by atoms with Crippen LogP contribution in [0.1, 0.15) is 16.1 Å². The highest BCUT2D eigenvalue weighted by Crippen LogP contribution is 2.26. The average molecular weight is 315 g/mol. The monoisotopic (exact) mass is 314 g/mol. The van der Waals surface area contributed by atoms with E-state index in [1.165, 1.54) is 24.3 Å². The van der Waals surface area contributed by atoms with Gasteiger partial charge in [-0.3, -0.25) is 0 Å². The van der Waals surface area contributed by atoms with E-state index in [0.717, 1.165) is 6.26 Å². The molecule has 0 aliphatic carbocycles. The smallest absolute Gasteiger partial charge is 0.338 e. The molecule has 0 bridgehead atoms. The second-order valence-electron chi connectivity index (χ2n) is 3.47. The molecular formula is C12H8BrFO4. The number of aromatic carboxylic acids is 1. The van der Waals surface area contributed by atoms with Crippen LogP contribution in [0, 0.1) is 5.82 Å². The van der Waals surface area contributed by atoms with Gasteiger partial charge in [-0.15, -0.1) is 0 Å². The molecule has 2 rings (SSSR count). The number of rotatable bonds is 4. The van der Waals surface area contributed by atoms with Gasteiger partial charge in [-0.2, -0.15) is 0 Å². The Morgan fingerprint density at radius 3 is 2.89 bits per heavy atom. The fraction of sp³-hybridized carbons (Fsp3) is 0.0833. The van der Waals surface area contributed by atoms with Gasteiger partial charge in [0, 0.05) is 6.07 Å². The molecule has 0 atom stereocenters. The van der Waals surface area contributed by atoms with Crippen molar-refractivity contribution < 1.29 is 23.4 Å². The van der Waals surface area contributed by atoms with E-state index in [2.05, 4.69) is 15.9 Å². The highest BCUT2D eigenvalue weighted by molar-refractivity contribution is 9.10. The molecule has 1 aromatic carbocycles. The lowest BCUT2D eigenvalue weighted by molar-refractivity contribution is 0.0696. The summed E-state index contributed by atoms with van der Waals surface area (Å²) in [7, 11) is 0. The summed E-state index contributed by atoms with van der Waals surface area (Å²) >= 11 is 3.22. The van der Waals surface area contributed by atoms with Gasteiger partial charge in [-0.05, 0) is 34.1 Å². The third-order valence-electron chi connectivity index (χ3n) is 2.16. The summed E-state index contributed by atoms with van der Waals surface area (Å²) < 4.78 is 23.9. The molecular weight excluding hydrogens is 307 g/mol. The van der Waals surface area contributed by atoms with E-state index < -0.39 is 11.8 Å². The fourth-order valence-corrected chi connectivity index (χ4v) is 1.67. The number of hydrogen-bond acceptors (Lipinski definition) is 3. The van der Waals surface area contributed by atoms with E-state index in [1.807, 2.05) is 0 Å². The van der Waals surface area contributed by atoms with Crippen molar-refractivity contribution in [3.05, 3.63) is 52.1 Å². The number of carbonyl (C=O) groups is 1. The molecule has 0 aliphatic rings. The second-order valence-corrected chi connectivity index (χ2v) is 4.32. The molecule has 1 aromatic heterocycles. The Morgan fingerprint density at radius 2 is 2.22 bits per heavy atom. The molecule has 2 aromatic rings. The van der Waals surface area contributed by atoms with Crippen molar-refractivity contribution in [2.24, 2.45) is 0 Å². The highest BCUT2D eigenvalue weighted by Gasteiger charge is 2.09. The van der Waals surface area contributed by atoms with Crippen molar-refractivity contribution in [1.29, 1.82) is 0 Å². The van der Waals surface area contributed by atoms with Gasteiger partial charge in [-0.25, -0.2) is 9.18 Å². The molecule has 1 heterocycles. The van der Waals surface area contributed by atoms with Crippen molar-refractivity contribution in [2.45, 2.75) is 6.61 Å². The minimum absolute atomic E-state index is 0.0231. The number of furan rings is 1. The second kappa shape index (κ2) is 5.22. The van der Waals surface area contributed by atoms with Gasteiger partial charge in [0.15, 0.2) is 0 Å². The molecule has 0 amide bonds. The zero-order valence-electron chi connectivity index (χ0n) is 9.02. The Morgan fingerprint density at radius 1 is 1.44 bits per heavy atom. The summed E-state index contributed by atoms with van der Waals surface area (Å²) in [5.74, 6) is -0.817. The van der Waals surface area contributed by atoms with Crippen molar-refractivity contribution in [2.75, 3.05) is 0 Å². The van der Waals surface area contributed by atoms with Crippen LogP contribution in [0.5, 0.6) is 5.75 Å². The maximum Gasteiger partial charge on any atom is 0.338 e. The first-order valence-corrected chi connectivity index (χ1v) is 5.74. The lowest BCUT2D eigenvalue weighted by Crippen LogP contribution is -1.96. The normalized spacial score (nSPS) is 10.3. The first-order chi connectivity index (χ1) is 8.56. The van der Waals surface area contributed by atoms with Gasteiger partial charge in [0.05, 0.1) is 10.0 Å². The van der Waals surface area contributed by atoms with Crippen LogP contribution in [0.15, 0.2) is 39.4 Å². The van der Waals surface area contributed by atoms with Crippen molar-refractivity contribution in [3.8, 4) is 5.75 Å². The summed E-state index contributed by atoms with van der Waals surface area (Å²) in [4.78, 5) is 10.6. The maximum absolute atomic E-state index is 13.0. The van der Waals surface area contributed by atoms with E-state index in [1.54, 1.807) is 0 Å². The first kappa shape index (κ1) is 12.6. The fourth-order valence-electron chi connectivity index (χ4n) is 1.31. The van der Waals surface area contributed by atoms with Gasteiger partial charge >= 0.3 is 5.97 Å². The lowest BCUT2D eigenvalue weighted by Gasteiger charge is -2.06. The number of halogens is 2. The first-order valence-electron chi connectivity index (χ1n) is 4.95. The van der Waals surface area contributed by atoms with E-state index in [9.17, 15) is 9.18 Å². The zero-order chi connectivity index (χ0) is 13.1. The van der Waals surface area contributed by atoms with E-state index in [4.69, 9.17) is 14.3 Å². The predicted octanol–water partition coefficient (Wildman–Crippen LogP) is 3.46. The zero-order valence-corrected chi connectivity index (χ0v) is 10.6. The number of ether oxygens (including phenoxy) is 1. The largest absolute Gasteiger partial charge is 0.484 e. The molecule has 18 heavy (non-hydrogen) atoms. The van der Waals surface area contributed by atoms with Gasteiger partial charge in [0.25, 0.3) is 0 Å². The lowest BCUT2D eigenvalue weighted by atomic mass is 10.3. The summed E-state index contributed by atoms with van der Waals surface area (Å²) in [6, 6.07) is 5.41. The topological polar surface area (TPSA) is 59.7 Å². The van der Waals surface area contributed by atoms with E-state index in [0.29, 0.717) is 16.0 Å². The molecule has 4 nitrogen and oxygen atoms in total. The standard InChI is InChI=1S/C12H8BrFO4/c13-10-2-1-8(14)4-11(10)18-6-9-3-7(5-17-9)12(15)16/h1-5H,6H2,(H,15,16). The Bertz CT molecular complexity index is 579. The molecule has 6 heteroatoms. The summed E-state index contributed by atoms with van der Waals surface area (Å²) in [5, 5.41) is 8.71. The number of benzene rings is 1. The maximum atomic E-state index is 13.0. The van der Waals surface area contributed by atoms with Crippen molar-refractivity contribution >= 4 is 21.9 Å². The minimum atomic E-state index is -1.07. The van der Waals surface area contributed by atoms with Crippen LogP contribution in [0.3, 0.4) is 0 Å². The van der Waals surface area contributed by atoms with Crippen LogP contribution in [0.4, 0.5) is 4.39 Å².